The predicted octanol–water partition coefficient (Wildman–Crippen LogP) is 3.12. The van der Waals surface area contributed by atoms with E-state index in [4.69, 9.17) is 0 Å². The predicted molar refractivity (Wildman–Crippen MR) is 83.2 cm³/mol. The molecule has 1 atom stereocenters. The maximum atomic E-state index is 11.8. The Kier molecular flexibility index (Phi) is 7.39. The van der Waals surface area contributed by atoms with Crippen LogP contribution < -0.4 is 10.6 Å². The first-order valence-electron chi connectivity index (χ1n) is 5.93. The first kappa shape index (κ1) is 15.5. The third-order valence-electron chi connectivity index (χ3n) is 2.52. The van der Waals surface area contributed by atoms with Crippen LogP contribution in [0.5, 0.6) is 0 Å². The van der Waals surface area contributed by atoms with Crippen LogP contribution in [0, 0.1) is 0 Å². The van der Waals surface area contributed by atoms with Crippen LogP contribution in [0.4, 0.5) is 5.69 Å². The minimum Gasteiger partial charge on any atom is -0.325 e. The minimum atomic E-state index is -0.00680. The number of amides is 1. The molecule has 3 nitrogen and oxygen atoms in total. The molecule has 1 unspecified atom stereocenters. The lowest BCUT2D eigenvalue weighted by Crippen LogP contribution is -2.37. The number of nitrogens with one attached hydrogen (secondary N) is 2. The van der Waals surface area contributed by atoms with Gasteiger partial charge in [0.15, 0.2) is 0 Å². The van der Waals surface area contributed by atoms with Crippen LogP contribution in [0.1, 0.15) is 13.3 Å². The van der Waals surface area contributed by atoms with Gasteiger partial charge in [0.05, 0.1) is 6.54 Å². The highest BCUT2D eigenvalue weighted by molar-refractivity contribution is 9.10. The van der Waals surface area contributed by atoms with E-state index in [-0.39, 0.29) is 5.91 Å². The van der Waals surface area contributed by atoms with Crippen molar-refractivity contribution in [2.45, 2.75) is 19.4 Å². The van der Waals surface area contributed by atoms with Gasteiger partial charge in [0.1, 0.15) is 0 Å². The zero-order valence-corrected chi connectivity index (χ0v) is 13.1. The van der Waals surface area contributed by atoms with Gasteiger partial charge in [-0.05, 0) is 30.9 Å². The van der Waals surface area contributed by atoms with Crippen molar-refractivity contribution in [2.75, 3.05) is 23.9 Å². The zero-order chi connectivity index (χ0) is 13.4. The Morgan fingerprint density at radius 2 is 2.28 bits per heavy atom. The van der Waals surface area contributed by atoms with Crippen LogP contribution in [0.25, 0.3) is 0 Å². The van der Waals surface area contributed by atoms with Gasteiger partial charge in [-0.2, -0.15) is 11.8 Å². The van der Waals surface area contributed by atoms with Crippen molar-refractivity contribution >= 4 is 39.3 Å². The quantitative estimate of drug-likeness (QED) is 0.807. The Bertz CT molecular complexity index is 387. The van der Waals surface area contributed by atoms with Gasteiger partial charge in [-0.25, -0.2) is 0 Å². The number of carbonyl (C=O) groups is 1. The van der Waals surface area contributed by atoms with Gasteiger partial charge in [0.2, 0.25) is 5.91 Å². The van der Waals surface area contributed by atoms with Crippen LogP contribution >= 0.6 is 27.7 Å². The fourth-order valence-corrected chi connectivity index (χ4v) is 2.69. The molecule has 0 heterocycles. The van der Waals surface area contributed by atoms with Gasteiger partial charge in [0.25, 0.3) is 0 Å². The minimum absolute atomic E-state index is 0.00680. The molecular weight excluding hydrogens is 312 g/mol. The molecule has 0 aliphatic heterocycles. The Balaban J connectivity index is 2.37. The summed E-state index contributed by atoms with van der Waals surface area (Å²) >= 11 is 5.17. The van der Waals surface area contributed by atoms with E-state index in [1.54, 1.807) is 11.8 Å². The molecule has 1 aromatic rings. The van der Waals surface area contributed by atoms with Crippen LogP contribution in [-0.4, -0.2) is 30.5 Å². The molecule has 0 aliphatic carbocycles. The van der Waals surface area contributed by atoms with Crippen molar-refractivity contribution in [3.8, 4) is 0 Å². The lowest BCUT2D eigenvalue weighted by molar-refractivity contribution is -0.115. The highest BCUT2D eigenvalue weighted by atomic mass is 79.9. The Morgan fingerprint density at radius 3 is 2.89 bits per heavy atom. The van der Waals surface area contributed by atoms with E-state index in [1.165, 1.54) is 0 Å². The second kappa shape index (κ2) is 8.56. The van der Waals surface area contributed by atoms with Gasteiger partial charge < -0.3 is 10.6 Å². The third-order valence-corrected chi connectivity index (χ3v) is 3.75. The molecule has 0 fully saturated rings. The normalized spacial score (nSPS) is 12.2. The van der Waals surface area contributed by atoms with Crippen LogP contribution in [-0.2, 0) is 4.79 Å². The number of rotatable bonds is 7. The number of hydrogen-bond acceptors (Lipinski definition) is 3. The molecule has 1 amide bonds. The summed E-state index contributed by atoms with van der Waals surface area (Å²) in [4.78, 5) is 11.8. The third kappa shape index (κ3) is 5.89. The summed E-state index contributed by atoms with van der Waals surface area (Å²) in [6.07, 6.45) is 3.11. The first-order chi connectivity index (χ1) is 8.65. The zero-order valence-electron chi connectivity index (χ0n) is 10.7. The highest BCUT2D eigenvalue weighted by Crippen LogP contribution is 2.15. The summed E-state index contributed by atoms with van der Waals surface area (Å²) in [6.45, 7) is 2.48. The number of halogens is 1. The molecule has 0 saturated carbocycles. The number of anilines is 1. The van der Waals surface area contributed by atoms with E-state index in [2.05, 4.69) is 39.7 Å². The highest BCUT2D eigenvalue weighted by Gasteiger charge is 2.08. The van der Waals surface area contributed by atoms with E-state index in [1.807, 2.05) is 24.3 Å². The van der Waals surface area contributed by atoms with Crippen molar-refractivity contribution in [1.82, 2.24) is 5.32 Å². The van der Waals surface area contributed by atoms with E-state index in [9.17, 15) is 4.79 Å². The van der Waals surface area contributed by atoms with Gasteiger partial charge in [-0.15, -0.1) is 0 Å². The number of hydrogen-bond donors (Lipinski definition) is 2. The van der Waals surface area contributed by atoms with Crippen LogP contribution in [0.2, 0.25) is 0 Å². The second-order valence-corrected chi connectivity index (χ2v) is 5.83. The number of thioether (sulfide) groups is 1. The Morgan fingerprint density at radius 1 is 1.50 bits per heavy atom. The first-order valence-corrected chi connectivity index (χ1v) is 8.12. The lowest BCUT2D eigenvalue weighted by atomic mass is 10.2. The van der Waals surface area contributed by atoms with E-state index in [0.29, 0.717) is 12.6 Å². The molecule has 0 aliphatic rings. The number of carbonyl (C=O) groups excluding carboxylic acids is 1. The van der Waals surface area contributed by atoms with Crippen molar-refractivity contribution in [1.29, 1.82) is 0 Å². The van der Waals surface area contributed by atoms with Gasteiger partial charge in [-0.1, -0.05) is 28.9 Å². The average Bonchev–Trinajstić information content (AvgIpc) is 2.34. The molecule has 5 heteroatoms. The fourth-order valence-electron chi connectivity index (χ4n) is 1.53. The number of benzene rings is 1. The molecular formula is C13H19BrN2OS. The maximum absolute atomic E-state index is 11.8. The second-order valence-electron chi connectivity index (χ2n) is 4.00. The molecule has 18 heavy (non-hydrogen) atoms. The average molecular weight is 331 g/mol. The topological polar surface area (TPSA) is 41.1 Å². The summed E-state index contributed by atoms with van der Waals surface area (Å²) in [5, 5.41) is 6.13. The summed E-state index contributed by atoms with van der Waals surface area (Å²) < 4.78 is 0.960. The van der Waals surface area contributed by atoms with Crippen molar-refractivity contribution in [3.63, 3.8) is 0 Å². The van der Waals surface area contributed by atoms with E-state index in [0.717, 1.165) is 22.3 Å². The van der Waals surface area contributed by atoms with Crippen molar-refractivity contribution < 1.29 is 4.79 Å². The van der Waals surface area contributed by atoms with Gasteiger partial charge in [-0.3, -0.25) is 4.79 Å². The molecule has 1 rings (SSSR count). The van der Waals surface area contributed by atoms with Gasteiger partial charge >= 0.3 is 0 Å². The van der Waals surface area contributed by atoms with Crippen LogP contribution in [0.15, 0.2) is 28.7 Å². The monoisotopic (exact) mass is 330 g/mol. The summed E-state index contributed by atoms with van der Waals surface area (Å²) in [5.74, 6) is 1.02. The van der Waals surface area contributed by atoms with Crippen molar-refractivity contribution in [2.24, 2.45) is 0 Å². The maximum Gasteiger partial charge on any atom is 0.238 e. The molecule has 0 radical (unpaired) electrons. The van der Waals surface area contributed by atoms with E-state index >= 15 is 0 Å². The molecule has 0 aromatic heterocycles. The molecule has 0 bridgehead atoms. The summed E-state index contributed by atoms with van der Waals surface area (Å²) in [5.41, 5.74) is 0.814. The van der Waals surface area contributed by atoms with E-state index < -0.39 is 0 Å². The van der Waals surface area contributed by atoms with Gasteiger partial charge in [0, 0.05) is 22.0 Å². The summed E-state index contributed by atoms with van der Waals surface area (Å²) in [6, 6.07) is 7.99. The largest absolute Gasteiger partial charge is 0.325 e. The molecule has 100 valence electrons. The molecule has 0 spiro atoms. The van der Waals surface area contributed by atoms with Crippen molar-refractivity contribution in [3.05, 3.63) is 28.7 Å². The molecule has 1 aromatic carbocycles. The SMILES string of the molecule is CCC(CSC)NCC(=O)Nc1cccc(Br)c1. The summed E-state index contributed by atoms with van der Waals surface area (Å²) in [7, 11) is 0. The molecule has 2 N–H and O–H groups in total. The standard InChI is InChI=1S/C13H19BrN2OS/c1-3-11(9-18-2)15-8-13(17)16-12-6-4-5-10(14)7-12/h4-7,11,15H,3,8-9H2,1-2H3,(H,16,17). The molecule has 0 saturated heterocycles. The Hall–Kier alpha value is -0.520. The lowest BCUT2D eigenvalue weighted by Gasteiger charge is -2.15. The smallest absolute Gasteiger partial charge is 0.238 e. The Labute approximate surface area is 121 Å². The fraction of sp³-hybridized carbons (Fsp3) is 0.462. The van der Waals surface area contributed by atoms with Crippen LogP contribution in [0.3, 0.4) is 0 Å².